The molecule has 10 heteroatoms. The Morgan fingerprint density at radius 3 is 2.83 bits per heavy atom. The Hall–Kier alpha value is -2.75. The number of aromatic amines is 1. The predicted molar refractivity (Wildman–Crippen MR) is 76.9 cm³/mol. The Labute approximate surface area is 131 Å². The number of rotatable bonds is 3. The fraction of sp³-hybridized carbons (Fsp3) is 0.0769. The number of halogens is 3. The Morgan fingerprint density at radius 2 is 2.13 bits per heavy atom. The minimum absolute atomic E-state index is 0.0822. The molecular formula is C13H8F3N5OS. The number of alkyl halides is 3. The lowest BCUT2D eigenvalue weighted by atomic mass is 10.1. The summed E-state index contributed by atoms with van der Waals surface area (Å²) in [5.74, 6) is -0.375. The zero-order chi connectivity index (χ0) is 16.4. The van der Waals surface area contributed by atoms with E-state index in [-0.39, 0.29) is 11.6 Å². The maximum absolute atomic E-state index is 12.7. The van der Waals surface area contributed by atoms with Gasteiger partial charge in [-0.15, -0.1) is 11.3 Å². The van der Waals surface area contributed by atoms with Gasteiger partial charge in [-0.05, 0) is 12.1 Å². The molecule has 2 N–H and O–H groups in total. The van der Waals surface area contributed by atoms with E-state index in [4.69, 9.17) is 0 Å². The molecule has 0 fully saturated rings. The van der Waals surface area contributed by atoms with Crippen LogP contribution in [0.4, 0.5) is 19.1 Å². The van der Waals surface area contributed by atoms with Crippen LogP contribution in [0.5, 0.6) is 0 Å². The van der Waals surface area contributed by atoms with E-state index in [9.17, 15) is 18.0 Å². The second kappa shape index (κ2) is 5.80. The summed E-state index contributed by atoms with van der Waals surface area (Å²) in [7, 11) is 0. The van der Waals surface area contributed by atoms with Crippen LogP contribution in [0.25, 0.3) is 10.6 Å². The highest BCUT2D eigenvalue weighted by Crippen LogP contribution is 2.33. The molecule has 1 amide bonds. The molecule has 0 saturated carbocycles. The Morgan fingerprint density at radius 1 is 1.30 bits per heavy atom. The van der Waals surface area contributed by atoms with Crippen molar-refractivity contribution < 1.29 is 18.0 Å². The molecule has 3 aromatic rings. The molecule has 2 aromatic heterocycles. The van der Waals surface area contributed by atoms with Crippen molar-refractivity contribution in [2.24, 2.45) is 0 Å². The third kappa shape index (κ3) is 3.37. The van der Waals surface area contributed by atoms with Gasteiger partial charge in [0.25, 0.3) is 5.91 Å². The smallest absolute Gasteiger partial charge is 0.289 e. The molecule has 0 bridgehead atoms. The van der Waals surface area contributed by atoms with E-state index >= 15 is 0 Å². The van der Waals surface area contributed by atoms with Crippen molar-refractivity contribution >= 4 is 23.2 Å². The first-order valence-corrected chi connectivity index (χ1v) is 7.11. The summed E-state index contributed by atoms with van der Waals surface area (Å²) >= 11 is 1.08. The lowest BCUT2D eigenvalue weighted by Gasteiger charge is -2.07. The minimum Gasteiger partial charge on any atom is -0.289 e. The van der Waals surface area contributed by atoms with Crippen molar-refractivity contribution in [3.8, 4) is 10.6 Å². The van der Waals surface area contributed by atoms with E-state index in [0.29, 0.717) is 10.6 Å². The van der Waals surface area contributed by atoms with Gasteiger partial charge >= 0.3 is 6.18 Å². The zero-order valence-electron chi connectivity index (χ0n) is 11.3. The molecule has 0 aliphatic heterocycles. The summed E-state index contributed by atoms with van der Waals surface area (Å²) in [6, 6.07) is 4.78. The average Bonchev–Trinajstić information content (AvgIpc) is 3.17. The van der Waals surface area contributed by atoms with Gasteiger partial charge in [0, 0.05) is 10.9 Å². The van der Waals surface area contributed by atoms with Crippen LogP contribution in [0.15, 0.2) is 36.0 Å². The number of nitrogens with zero attached hydrogens (tertiary/aromatic N) is 3. The topological polar surface area (TPSA) is 83.6 Å². The third-order valence-electron chi connectivity index (χ3n) is 2.82. The van der Waals surface area contributed by atoms with Crippen molar-refractivity contribution in [1.82, 2.24) is 20.2 Å². The number of H-pyrrole nitrogens is 1. The summed E-state index contributed by atoms with van der Waals surface area (Å²) in [6.45, 7) is 0. The van der Waals surface area contributed by atoms with E-state index in [1.54, 1.807) is 0 Å². The fourth-order valence-corrected chi connectivity index (χ4v) is 2.57. The quantitative estimate of drug-likeness (QED) is 0.767. The number of carbonyl (C=O) groups excluding carboxylic acids is 1. The van der Waals surface area contributed by atoms with E-state index in [1.165, 1.54) is 23.8 Å². The van der Waals surface area contributed by atoms with Gasteiger partial charge in [-0.25, -0.2) is 10.1 Å². The van der Waals surface area contributed by atoms with Gasteiger partial charge in [0.05, 0.1) is 5.56 Å². The van der Waals surface area contributed by atoms with Gasteiger partial charge in [-0.2, -0.15) is 23.3 Å². The molecule has 0 atom stereocenters. The number of amides is 1. The van der Waals surface area contributed by atoms with Crippen LogP contribution in [0.2, 0.25) is 0 Å². The summed E-state index contributed by atoms with van der Waals surface area (Å²) < 4.78 is 38.2. The van der Waals surface area contributed by atoms with Gasteiger partial charge in [0.2, 0.25) is 5.95 Å². The highest BCUT2D eigenvalue weighted by Gasteiger charge is 2.30. The number of nitrogens with one attached hydrogen (secondary N) is 2. The van der Waals surface area contributed by atoms with Crippen molar-refractivity contribution in [1.29, 1.82) is 0 Å². The molecule has 0 aliphatic rings. The Kier molecular flexibility index (Phi) is 3.82. The van der Waals surface area contributed by atoms with E-state index < -0.39 is 17.6 Å². The van der Waals surface area contributed by atoms with Crippen LogP contribution >= 0.6 is 11.3 Å². The molecule has 0 unspecified atom stereocenters. The number of anilines is 1. The number of aromatic nitrogens is 4. The van der Waals surface area contributed by atoms with E-state index in [1.807, 2.05) is 0 Å². The minimum atomic E-state index is -4.43. The summed E-state index contributed by atoms with van der Waals surface area (Å²) in [4.78, 5) is 19.7. The van der Waals surface area contributed by atoms with Gasteiger partial charge in [0.1, 0.15) is 17.0 Å². The highest BCUT2D eigenvalue weighted by atomic mass is 32.1. The summed E-state index contributed by atoms with van der Waals surface area (Å²) in [6.07, 6.45) is -3.20. The molecule has 1 aromatic carbocycles. The first-order valence-electron chi connectivity index (χ1n) is 6.23. The first kappa shape index (κ1) is 15.2. The SMILES string of the molecule is O=C(Nc1ncn[nH]1)c1csc(-c2cccc(C(F)(F)F)c2)n1. The highest BCUT2D eigenvalue weighted by molar-refractivity contribution is 7.13. The third-order valence-corrected chi connectivity index (χ3v) is 3.71. The zero-order valence-corrected chi connectivity index (χ0v) is 12.1. The van der Waals surface area contributed by atoms with E-state index in [2.05, 4.69) is 25.5 Å². The largest absolute Gasteiger partial charge is 0.416 e. The monoisotopic (exact) mass is 339 g/mol. The summed E-state index contributed by atoms with van der Waals surface area (Å²) in [5, 5.41) is 10.2. The Balaban J connectivity index is 1.83. The van der Waals surface area contributed by atoms with Gasteiger partial charge < -0.3 is 0 Å². The Bertz CT molecular complexity index is 828. The molecule has 23 heavy (non-hydrogen) atoms. The molecule has 3 rings (SSSR count). The normalized spacial score (nSPS) is 11.4. The van der Waals surface area contributed by atoms with Crippen molar-refractivity contribution in [3.63, 3.8) is 0 Å². The number of benzene rings is 1. The molecular weight excluding hydrogens is 331 g/mol. The molecule has 0 saturated heterocycles. The molecule has 0 aliphatic carbocycles. The van der Waals surface area contributed by atoms with Crippen LogP contribution in [-0.4, -0.2) is 26.1 Å². The van der Waals surface area contributed by atoms with E-state index in [0.717, 1.165) is 23.5 Å². The average molecular weight is 339 g/mol. The van der Waals surface area contributed by atoms with Crippen molar-refractivity contribution in [2.75, 3.05) is 5.32 Å². The molecule has 6 nitrogen and oxygen atoms in total. The van der Waals surface area contributed by atoms with Gasteiger partial charge in [-0.1, -0.05) is 12.1 Å². The second-order valence-corrected chi connectivity index (χ2v) is 5.26. The van der Waals surface area contributed by atoms with Crippen LogP contribution in [0.1, 0.15) is 16.1 Å². The van der Waals surface area contributed by atoms with Crippen LogP contribution in [0, 0.1) is 0 Å². The number of carbonyl (C=O) groups is 1. The van der Waals surface area contributed by atoms with Crippen molar-refractivity contribution in [2.45, 2.75) is 6.18 Å². The fourth-order valence-electron chi connectivity index (χ4n) is 1.78. The molecule has 0 spiro atoms. The van der Waals surface area contributed by atoms with Crippen LogP contribution < -0.4 is 5.32 Å². The van der Waals surface area contributed by atoms with Crippen molar-refractivity contribution in [3.05, 3.63) is 47.2 Å². The number of hydrogen-bond acceptors (Lipinski definition) is 5. The maximum atomic E-state index is 12.7. The van der Waals surface area contributed by atoms with Gasteiger partial charge in [-0.3, -0.25) is 10.1 Å². The van der Waals surface area contributed by atoms with Gasteiger partial charge in [0.15, 0.2) is 0 Å². The molecule has 118 valence electrons. The van der Waals surface area contributed by atoms with Crippen LogP contribution in [0.3, 0.4) is 0 Å². The molecule has 0 radical (unpaired) electrons. The number of hydrogen-bond donors (Lipinski definition) is 2. The maximum Gasteiger partial charge on any atom is 0.416 e. The second-order valence-electron chi connectivity index (χ2n) is 4.40. The van der Waals surface area contributed by atoms with Crippen LogP contribution in [-0.2, 0) is 6.18 Å². The first-order chi connectivity index (χ1) is 10.9. The molecule has 2 heterocycles. The lowest BCUT2D eigenvalue weighted by Crippen LogP contribution is -2.13. The predicted octanol–water partition coefficient (Wildman–Crippen LogP) is 3.20. The number of thiazole rings is 1. The lowest BCUT2D eigenvalue weighted by molar-refractivity contribution is -0.137. The summed E-state index contributed by atoms with van der Waals surface area (Å²) in [5.41, 5.74) is -0.389. The standard InChI is InChI=1S/C13H8F3N5OS/c14-13(15,16)8-3-1-2-7(4-8)11-19-9(5-23-11)10(22)20-12-17-6-18-21-12/h1-6H,(H2,17,18,20,21,22).